The molecule has 0 spiro atoms. The highest BCUT2D eigenvalue weighted by Gasteiger charge is 2.31. The van der Waals surface area contributed by atoms with Gasteiger partial charge in [0.05, 0.1) is 18.1 Å². The third kappa shape index (κ3) is 4.42. The van der Waals surface area contributed by atoms with Crippen molar-refractivity contribution in [3.8, 4) is 11.5 Å². The summed E-state index contributed by atoms with van der Waals surface area (Å²) in [6, 6.07) is 4.99. The van der Waals surface area contributed by atoms with E-state index in [9.17, 15) is 8.42 Å². The fourth-order valence-corrected chi connectivity index (χ4v) is 4.58. The van der Waals surface area contributed by atoms with Crippen LogP contribution in [0.25, 0.3) is 0 Å². The molecule has 1 heterocycles. The van der Waals surface area contributed by atoms with Gasteiger partial charge in [-0.3, -0.25) is 0 Å². The molecule has 0 aromatic heterocycles. The molecule has 1 aliphatic heterocycles. The van der Waals surface area contributed by atoms with Gasteiger partial charge in [0.1, 0.15) is 0 Å². The highest BCUT2D eigenvalue weighted by atomic mass is 32.2. The first-order valence-corrected chi connectivity index (χ1v) is 10.4. The molecule has 0 unspecified atom stereocenters. The molecule has 0 saturated carbocycles. The normalized spacial score (nSPS) is 19.2. The molecule has 1 aliphatic rings. The lowest BCUT2D eigenvalue weighted by Crippen LogP contribution is -2.41. The van der Waals surface area contributed by atoms with Crippen LogP contribution < -0.4 is 9.47 Å². The van der Waals surface area contributed by atoms with Crippen molar-refractivity contribution in [2.45, 2.75) is 63.8 Å². The summed E-state index contributed by atoms with van der Waals surface area (Å²) in [6.45, 7) is 7.72. The van der Waals surface area contributed by atoms with Gasteiger partial charge in [0, 0.05) is 18.7 Å². The first-order valence-electron chi connectivity index (χ1n) is 8.92. The lowest BCUT2D eigenvalue weighted by Gasteiger charge is -2.32. The lowest BCUT2D eigenvalue weighted by molar-refractivity contribution is 0.264. The summed E-state index contributed by atoms with van der Waals surface area (Å²) < 4.78 is 39.0. The summed E-state index contributed by atoms with van der Waals surface area (Å²) in [5, 5.41) is 0. The van der Waals surface area contributed by atoms with Crippen LogP contribution in [0.5, 0.6) is 11.5 Å². The van der Waals surface area contributed by atoms with Crippen molar-refractivity contribution >= 4 is 10.0 Å². The van der Waals surface area contributed by atoms with Gasteiger partial charge in [-0.25, -0.2) is 8.42 Å². The summed E-state index contributed by atoms with van der Waals surface area (Å²) in [6.07, 6.45) is 4.66. The zero-order valence-corrected chi connectivity index (χ0v) is 15.8. The van der Waals surface area contributed by atoms with Gasteiger partial charge in [0.15, 0.2) is 11.5 Å². The average Bonchev–Trinajstić information content (AvgIpc) is 2.58. The monoisotopic (exact) mass is 355 g/mol. The topological polar surface area (TPSA) is 55.8 Å². The van der Waals surface area contributed by atoms with Crippen molar-refractivity contribution < 1.29 is 17.9 Å². The van der Waals surface area contributed by atoms with Crippen molar-refractivity contribution in [1.29, 1.82) is 0 Å². The van der Waals surface area contributed by atoms with E-state index < -0.39 is 10.0 Å². The third-order valence-corrected chi connectivity index (χ3v) is 6.20. The van der Waals surface area contributed by atoms with Crippen molar-refractivity contribution in [3.05, 3.63) is 18.2 Å². The van der Waals surface area contributed by atoms with E-state index in [-0.39, 0.29) is 10.9 Å². The predicted molar refractivity (Wildman–Crippen MR) is 95.2 cm³/mol. The number of rotatable bonds is 8. The molecular formula is C18H29NO4S. The smallest absolute Gasteiger partial charge is 0.243 e. The Morgan fingerprint density at radius 2 is 1.75 bits per heavy atom. The van der Waals surface area contributed by atoms with Crippen LogP contribution in [0.3, 0.4) is 0 Å². The Labute approximate surface area is 146 Å². The molecule has 1 saturated heterocycles. The first-order chi connectivity index (χ1) is 11.5. The van der Waals surface area contributed by atoms with Crippen molar-refractivity contribution in [2.75, 3.05) is 19.8 Å². The van der Waals surface area contributed by atoms with E-state index in [0.29, 0.717) is 31.3 Å². The van der Waals surface area contributed by atoms with E-state index in [1.807, 2.05) is 20.8 Å². The maximum absolute atomic E-state index is 13.0. The van der Waals surface area contributed by atoms with Gasteiger partial charge in [-0.15, -0.1) is 0 Å². The van der Waals surface area contributed by atoms with Crippen LogP contribution in [0, 0.1) is 0 Å². The molecule has 2 rings (SSSR count). The maximum Gasteiger partial charge on any atom is 0.243 e. The molecule has 1 fully saturated rings. The van der Waals surface area contributed by atoms with Crippen LogP contribution in [-0.2, 0) is 10.0 Å². The van der Waals surface area contributed by atoms with Crippen LogP contribution in [0.15, 0.2) is 23.1 Å². The highest BCUT2D eigenvalue weighted by Crippen LogP contribution is 2.33. The Bertz CT molecular complexity index is 630. The Morgan fingerprint density at radius 1 is 1.08 bits per heavy atom. The van der Waals surface area contributed by atoms with E-state index in [0.717, 1.165) is 32.1 Å². The zero-order valence-electron chi connectivity index (χ0n) is 15.0. The van der Waals surface area contributed by atoms with Crippen LogP contribution in [-0.4, -0.2) is 38.5 Å². The molecule has 0 bridgehead atoms. The number of nitrogens with zero attached hydrogens (tertiary/aromatic N) is 1. The summed E-state index contributed by atoms with van der Waals surface area (Å²) >= 11 is 0. The van der Waals surface area contributed by atoms with Crippen LogP contribution in [0.1, 0.15) is 52.9 Å². The van der Waals surface area contributed by atoms with Gasteiger partial charge in [-0.05, 0) is 44.7 Å². The summed E-state index contributed by atoms with van der Waals surface area (Å²) in [4.78, 5) is 0.284. The Kier molecular flexibility index (Phi) is 6.92. The zero-order chi connectivity index (χ0) is 17.6. The van der Waals surface area contributed by atoms with Gasteiger partial charge in [0.25, 0.3) is 0 Å². The third-order valence-electron chi connectivity index (χ3n) is 4.19. The van der Waals surface area contributed by atoms with E-state index in [4.69, 9.17) is 9.47 Å². The maximum atomic E-state index is 13.0. The molecule has 0 N–H and O–H groups in total. The number of hydrogen-bond donors (Lipinski definition) is 0. The minimum absolute atomic E-state index is 0.0415. The van der Waals surface area contributed by atoms with Crippen molar-refractivity contribution in [1.82, 2.24) is 4.31 Å². The molecular weight excluding hydrogens is 326 g/mol. The Morgan fingerprint density at radius 3 is 2.38 bits per heavy atom. The van der Waals surface area contributed by atoms with Crippen molar-refractivity contribution in [3.63, 3.8) is 0 Å². The van der Waals surface area contributed by atoms with Gasteiger partial charge < -0.3 is 9.47 Å². The second-order valence-corrected chi connectivity index (χ2v) is 8.16. The summed E-state index contributed by atoms with van der Waals surface area (Å²) in [7, 11) is -3.50. The van der Waals surface area contributed by atoms with Gasteiger partial charge >= 0.3 is 0 Å². The molecule has 1 atom stereocenters. The van der Waals surface area contributed by atoms with E-state index in [2.05, 4.69) is 0 Å². The van der Waals surface area contributed by atoms with Crippen LogP contribution >= 0.6 is 0 Å². The van der Waals surface area contributed by atoms with Gasteiger partial charge in [-0.1, -0.05) is 20.3 Å². The molecule has 136 valence electrons. The molecule has 1 aromatic carbocycles. The molecule has 6 heteroatoms. The largest absolute Gasteiger partial charge is 0.490 e. The van der Waals surface area contributed by atoms with E-state index >= 15 is 0 Å². The number of hydrogen-bond acceptors (Lipinski definition) is 4. The predicted octanol–water partition coefficient (Wildman–Crippen LogP) is 3.83. The number of benzene rings is 1. The number of sulfonamides is 1. The van der Waals surface area contributed by atoms with Gasteiger partial charge in [0.2, 0.25) is 10.0 Å². The second-order valence-electron chi connectivity index (χ2n) is 6.27. The fourth-order valence-electron chi connectivity index (χ4n) is 2.87. The minimum Gasteiger partial charge on any atom is -0.490 e. The fraction of sp³-hybridized carbons (Fsp3) is 0.667. The standard InChI is InChI=1S/C18H29NO4S/c1-4-12-22-17-10-9-16(14-18(17)23-13-5-2)24(20,21)19-11-7-6-8-15(19)3/h9-10,14-15H,4-8,11-13H2,1-3H3/t15-/m0/s1. The van der Waals surface area contributed by atoms with Crippen molar-refractivity contribution in [2.24, 2.45) is 0 Å². The summed E-state index contributed by atoms with van der Waals surface area (Å²) in [5.41, 5.74) is 0. The average molecular weight is 356 g/mol. The summed E-state index contributed by atoms with van der Waals surface area (Å²) in [5.74, 6) is 1.12. The number of piperidine rings is 1. The minimum atomic E-state index is -3.50. The second kappa shape index (κ2) is 8.72. The molecule has 5 nitrogen and oxygen atoms in total. The van der Waals surface area contributed by atoms with Gasteiger partial charge in [-0.2, -0.15) is 4.31 Å². The molecule has 24 heavy (non-hydrogen) atoms. The highest BCUT2D eigenvalue weighted by molar-refractivity contribution is 7.89. The molecule has 0 aliphatic carbocycles. The Hall–Kier alpha value is -1.27. The number of ether oxygens (including phenoxy) is 2. The lowest BCUT2D eigenvalue weighted by atomic mass is 10.1. The molecule has 0 amide bonds. The van der Waals surface area contributed by atoms with Crippen LogP contribution in [0.4, 0.5) is 0 Å². The van der Waals surface area contributed by atoms with Crippen LogP contribution in [0.2, 0.25) is 0 Å². The van der Waals surface area contributed by atoms with E-state index in [1.165, 1.54) is 0 Å². The first kappa shape index (κ1) is 19.1. The van der Waals surface area contributed by atoms with E-state index in [1.54, 1.807) is 22.5 Å². The molecule has 0 radical (unpaired) electrons. The quantitative estimate of drug-likeness (QED) is 0.711. The Balaban J connectivity index is 2.31. The SMILES string of the molecule is CCCOc1ccc(S(=O)(=O)N2CCCC[C@@H]2C)cc1OCCC. The molecule has 1 aromatic rings.